The van der Waals surface area contributed by atoms with Crippen molar-refractivity contribution in [3.05, 3.63) is 0 Å². The minimum absolute atomic E-state index is 0.243. The second-order valence-corrected chi connectivity index (χ2v) is 5.17. The zero-order valence-electron chi connectivity index (χ0n) is 11.0. The predicted octanol–water partition coefficient (Wildman–Crippen LogP) is -0.778. The Hall–Kier alpha value is -1.67. The first-order chi connectivity index (χ1) is 9.23. The van der Waals surface area contributed by atoms with Gasteiger partial charge in [0.15, 0.2) is 0 Å². The molecule has 1 aliphatic heterocycles. The standard InChI is InChI=1S/C12H19NO7/c1-5(8(14)3-10(17)18)7-4-13-11(12(19)20)6(7)2-9(15)16/h5-8,11,13-14H,2-4H2,1H3,(H,15,16)(H,17,18)(H,19,20). The maximum absolute atomic E-state index is 11.1. The van der Waals surface area contributed by atoms with E-state index >= 15 is 0 Å². The van der Waals surface area contributed by atoms with Crippen LogP contribution in [0.25, 0.3) is 0 Å². The van der Waals surface area contributed by atoms with Crippen LogP contribution in [0.2, 0.25) is 0 Å². The molecule has 1 heterocycles. The lowest BCUT2D eigenvalue weighted by Crippen LogP contribution is -2.38. The number of nitrogens with one attached hydrogen (secondary N) is 1. The van der Waals surface area contributed by atoms with E-state index in [1.54, 1.807) is 6.92 Å². The van der Waals surface area contributed by atoms with Gasteiger partial charge in [0, 0.05) is 0 Å². The second-order valence-electron chi connectivity index (χ2n) is 5.17. The molecule has 114 valence electrons. The second kappa shape index (κ2) is 6.67. The van der Waals surface area contributed by atoms with E-state index in [1.807, 2.05) is 0 Å². The summed E-state index contributed by atoms with van der Waals surface area (Å²) in [5, 5.41) is 39.2. The zero-order chi connectivity index (χ0) is 15.4. The average molecular weight is 289 g/mol. The van der Waals surface area contributed by atoms with Gasteiger partial charge in [-0.25, -0.2) is 0 Å². The lowest BCUT2D eigenvalue weighted by molar-refractivity contribution is -0.144. The molecule has 20 heavy (non-hydrogen) atoms. The highest BCUT2D eigenvalue weighted by molar-refractivity contribution is 5.76. The monoisotopic (exact) mass is 289 g/mol. The average Bonchev–Trinajstić information content (AvgIpc) is 2.69. The minimum atomic E-state index is -1.15. The Kier molecular flexibility index (Phi) is 5.46. The summed E-state index contributed by atoms with van der Waals surface area (Å²) in [5.41, 5.74) is 0. The van der Waals surface area contributed by atoms with Gasteiger partial charge in [-0.15, -0.1) is 0 Å². The summed E-state index contributed by atoms with van der Waals surface area (Å²) in [6, 6.07) is -0.990. The highest BCUT2D eigenvalue weighted by atomic mass is 16.4. The molecule has 0 aromatic rings. The molecule has 0 saturated carbocycles. The molecule has 5 atom stereocenters. The van der Waals surface area contributed by atoms with Crippen LogP contribution in [0.15, 0.2) is 0 Å². The summed E-state index contributed by atoms with van der Waals surface area (Å²) in [6.45, 7) is 1.85. The number of hydrogen-bond acceptors (Lipinski definition) is 5. The summed E-state index contributed by atoms with van der Waals surface area (Å²) < 4.78 is 0. The molecule has 0 aliphatic carbocycles. The fraction of sp³-hybridized carbons (Fsp3) is 0.750. The molecule has 0 aromatic heterocycles. The number of carboxylic acid groups (broad SMARTS) is 3. The van der Waals surface area contributed by atoms with Crippen molar-refractivity contribution in [2.24, 2.45) is 17.8 Å². The van der Waals surface area contributed by atoms with E-state index in [2.05, 4.69) is 5.32 Å². The van der Waals surface area contributed by atoms with Crippen LogP contribution in [0.3, 0.4) is 0 Å². The largest absolute Gasteiger partial charge is 0.481 e. The number of carbonyl (C=O) groups is 3. The Morgan fingerprint density at radius 3 is 2.25 bits per heavy atom. The Bertz CT molecular complexity index is 397. The topological polar surface area (TPSA) is 144 Å². The van der Waals surface area contributed by atoms with Crippen molar-refractivity contribution in [3.8, 4) is 0 Å². The highest BCUT2D eigenvalue weighted by Crippen LogP contribution is 2.34. The third-order valence-electron chi connectivity index (χ3n) is 3.89. The summed E-state index contributed by atoms with van der Waals surface area (Å²) in [6.07, 6.45) is -1.92. The van der Waals surface area contributed by atoms with E-state index in [9.17, 15) is 19.5 Å². The predicted molar refractivity (Wildman–Crippen MR) is 66.1 cm³/mol. The Morgan fingerprint density at radius 1 is 1.20 bits per heavy atom. The van der Waals surface area contributed by atoms with Crippen molar-refractivity contribution in [2.45, 2.75) is 31.9 Å². The third kappa shape index (κ3) is 3.91. The van der Waals surface area contributed by atoms with Crippen LogP contribution in [-0.4, -0.2) is 57.0 Å². The SMILES string of the molecule is CC(C(O)CC(=O)O)C1CNC(C(=O)O)C1CC(=O)O. The number of carboxylic acids is 3. The van der Waals surface area contributed by atoms with Crippen LogP contribution in [0.1, 0.15) is 19.8 Å². The van der Waals surface area contributed by atoms with Gasteiger partial charge < -0.3 is 25.7 Å². The smallest absolute Gasteiger partial charge is 0.321 e. The summed E-state index contributed by atoms with van der Waals surface area (Å²) in [7, 11) is 0. The molecule has 1 fully saturated rings. The van der Waals surface area contributed by atoms with Gasteiger partial charge in [0.05, 0.1) is 18.9 Å². The van der Waals surface area contributed by atoms with Gasteiger partial charge >= 0.3 is 17.9 Å². The summed E-state index contributed by atoms with van der Waals surface area (Å²) in [4.78, 5) is 32.6. The Balaban J connectivity index is 2.83. The number of hydrogen-bond donors (Lipinski definition) is 5. The summed E-state index contributed by atoms with van der Waals surface area (Å²) >= 11 is 0. The third-order valence-corrected chi connectivity index (χ3v) is 3.89. The van der Waals surface area contributed by atoms with Gasteiger partial charge in [-0.2, -0.15) is 0 Å². The first kappa shape index (κ1) is 16.4. The van der Waals surface area contributed by atoms with E-state index < -0.39 is 54.2 Å². The molecule has 0 aromatic carbocycles. The van der Waals surface area contributed by atoms with Crippen molar-refractivity contribution in [2.75, 3.05) is 6.54 Å². The van der Waals surface area contributed by atoms with Crippen LogP contribution in [0, 0.1) is 17.8 Å². The van der Waals surface area contributed by atoms with Gasteiger partial charge in [0.25, 0.3) is 0 Å². The number of aliphatic carboxylic acids is 3. The van der Waals surface area contributed by atoms with Gasteiger partial charge in [-0.1, -0.05) is 6.92 Å². The highest BCUT2D eigenvalue weighted by Gasteiger charge is 2.44. The molecular formula is C12H19NO7. The molecule has 0 bridgehead atoms. The minimum Gasteiger partial charge on any atom is -0.481 e. The van der Waals surface area contributed by atoms with Crippen LogP contribution in [0.4, 0.5) is 0 Å². The van der Waals surface area contributed by atoms with E-state index in [1.165, 1.54) is 0 Å². The fourth-order valence-corrected chi connectivity index (χ4v) is 2.78. The van der Waals surface area contributed by atoms with E-state index in [-0.39, 0.29) is 13.0 Å². The van der Waals surface area contributed by atoms with Gasteiger partial charge in [-0.05, 0) is 24.3 Å². The number of rotatable bonds is 7. The maximum atomic E-state index is 11.1. The van der Waals surface area contributed by atoms with Gasteiger partial charge in [0.2, 0.25) is 0 Å². The lowest BCUT2D eigenvalue weighted by atomic mass is 9.77. The van der Waals surface area contributed by atoms with Crippen molar-refractivity contribution in [1.82, 2.24) is 5.32 Å². The van der Waals surface area contributed by atoms with E-state index in [0.717, 1.165) is 0 Å². The molecule has 1 rings (SSSR count). The summed E-state index contributed by atoms with van der Waals surface area (Å²) in [5.74, 6) is -4.99. The molecule has 1 saturated heterocycles. The molecule has 0 radical (unpaired) electrons. The normalized spacial score (nSPS) is 28.8. The van der Waals surface area contributed by atoms with Gasteiger partial charge in [0.1, 0.15) is 6.04 Å². The Morgan fingerprint density at radius 2 is 1.80 bits per heavy atom. The van der Waals surface area contributed by atoms with Gasteiger partial charge in [-0.3, -0.25) is 14.4 Å². The van der Waals surface area contributed by atoms with E-state index in [0.29, 0.717) is 0 Å². The van der Waals surface area contributed by atoms with Crippen molar-refractivity contribution in [1.29, 1.82) is 0 Å². The van der Waals surface area contributed by atoms with Crippen LogP contribution in [-0.2, 0) is 14.4 Å². The first-order valence-electron chi connectivity index (χ1n) is 6.31. The maximum Gasteiger partial charge on any atom is 0.321 e. The molecule has 8 nitrogen and oxygen atoms in total. The van der Waals surface area contributed by atoms with Crippen molar-refractivity contribution in [3.63, 3.8) is 0 Å². The fourth-order valence-electron chi connectivity index (χ4n) is 2.78. The molecule has 0 spiro atoms. The number of aliphatic hydroxyl groups is 1. The van der Waals surface area contributed by atoms with E-state index in [4.69, 9.17) is 15.3 Å². The molecule has 1 aliphatic rings. The molecule has 0 amide bonds. The van der Waals surface area contributed by atoms with Crippen LogP contribution < -0.4 is 5.32 Å². The van der Waals surface area contributed by atoms with Crippen LogP contribution >= 0.6 is 0 Å². The molecule has 5 unspecified atom stereocenters. The molecule has 5 N–H and O–H groups in total. The first-order valence-corrected chi connectivity index (χ1v) is 6.31. The lowest BCUT2D eigenvalue weighted by Gasteiger charge is -2.28. The van der Waals surface area contributed by atoms with Crippen molar-refractivity contribution >= 4 is 17.9 Å². The quantitative estimate of drug-likeness (QED) is 0.410. The molecular weight excluding hydrogens is 270 g/mol. The van der Waals surface area contributed by atoms with Crippen LogP contribution in [0.5, 0.6) is 0 Å². The molecule has 8 heteroatoms. The number of aliphatic hydroxyl groups excluding tert-OH is 1. The van der Waals surface area contributed by atoms with Crippen molar-refractivity contribution < 1.29 is 34.8 Å². The Labute approximate surface area is 115 Å². The zero-order valence-corrected chi connectivity index (χ0v) is 11.0.